The zero-order valence-corrected chi connectivity index (χ0v) is 14.6. The van der Waals surface area contributed by atoms with Gasteiger partial charge in [0.2, 0.25) is 0 Å². The van der Waals surface area contributed by atoms with E-state index in [1.807, 2.05) is 0 Å². The molecule has 106 valence electrons. The van der Waals surface area contributed by atoms with Crippen LogP contribution in [0, 0.1) is 0 Å². The van der Waals surface area contributed by atoms with Crippen LogP contribution in [0.1, 0.15) is 0 Å². The zero-order chi connectivity index (χ0) is 14.6. The smallest absolute Gasteiger partial charge is 0.492 e. The van der Waals surface area contributed by atoms with Gasteiger partial charge in [-0.25, -0.2) is 0 Å². The third kappa shape index (κ3) is 5.63. The summed E-state index contributed by atoms with van der Waals surface area (Å²) < 4.78 is 44.4. The van der Waals surface area contributed by atoms with Crippen LogP contribution in [0.4, 0.5) is 12.9 Å². The molecule has 0 N–H and O–H groups in total. The Morgan fingerprint density at radius 1 is 1.10 bits per heavy atom. The Balaban J connectivity index is 0.00000220. The molecule has 3 nitrogen and oxygen atoms in total. The molecule has 0 atom stereocenters. The number of halogens is 3. The van der Waals surface area contributed by atoms with E-state index in [1.165, 1.54) is 22.8 Å². The second-order valence-electron chi connectivity index (χ2n) is 4.23. The monoisotopic (exact) mass is 321 g/mol. The van der Waals surface area contributed by atoms with Crippen LogP contribution in [0.15, 0.2) is 53.5 Å². The summed E-state index contributed by atoms with van der Waals surface area (Å²) in [5.41, 5.74) is -0.872. The summed E-state index contributed by atoms with van der Waals surface area (Å²) in [6.07, 6.45) is 1.60. The van der Waals surface area contributed by atoms with Crippen molar-refractivity contribution in [2.45, 2.75) is 6.54 Å². The molecular formula is C13H12BF3KNO2. The van der Waals surface area contributed by atoms with Crippen molar-refractivity contribution in [3.8, 4) is 5.75 Å². The summed E-state index contributed by atoms with van der Waals surface area (Å²) in [4.78, 5) is 11.4. The van der Waals surface area contributed by atoms with Crippen molar-refractivity contribution >= 4 is 12.4 Å². The fourth-order valence-electron chi connectivity index (χ4n) is 1.72. The van der Waals surface area contributed by atoms with Crippen molar-refractivity contribution in [2.24, 2.45) is 0 Å². The molecule has 0 aliphatic heterocycles. The molecule has 0 amide bonds. The first-order valence-electron chi connectivity index (χ1n) is 6.05. The molecule has 0 saturated heterocycles. The largest absolute Gasteiger partial charge is 1.00 e. The van der Waals surface area contributed by atoms with Gasteiger partial charge in [0.15, 0.2) is 0 Å². The first-order valence-corrected chi connectivity index (χ1v) is 6.05. The zero-order valence-electron chi connectivity index (χ0n) is 11.5. The molecule has 0 saturated carbocycles. The van der Waals surface area contributed by atoms with Crippen molar-refractivity contribution in [1.29, 1.82) is 0 Å². The van der Waals surface area contributed by atoms with E-state index >= 15 is 0 Å². The van der Waals surface area contributed by atoms with Crippen LogP contribution in [0.25, 0.3) is 0 Å². The number of hydrogen-bond donors (Lipinski definition) is 0. The predicted octanol–water partition coefficient (Wildman–Crippen LogP) is -1.01. The third-order valence-corrected chi connectivity index (χ3v) is 2.74. The number of ether oxygens (including phenoxy) is 1. The van der Waals surface area contributed by atoms with Gasteiger partial charge in [-0.3, -0.25) is 4.79 Å². The van der Waals surface area contributed by atoms with E-state index in [-0.39, 0.29) is 75.8 Å². The van der Waals surface area contributed by atoms with Gasteiger partial charge >= 0.3 is 58.4 Å². The Labute approximate surface area is 162 Å². The summed E-state index contributed by atoms with van der Waals surface area (Å²) >= 11 is 0. The van der Waals surface area contributed by atoms with Gasteiger partial charge < -0.3 is 22.3 Å². The van der Waals surface area contributed by atoms with Gasteiger partial charge in [-0.1, -0.05) is 18.2 Å². The standard InChI is InChI=1S/C13H12BF3NO2.K/c15-14(16,17)11-4-3-5-12(10-11)20-9-8-18-7-2-1-6-13(18)19;/h1-7,10H,8-9H2;/q-1;+1. The van der Waals surface area contributed by atoms with Gasteiger partial charge in [0.05, 0.1) is 6.54 Å². The van der Waals surface area contributed by atoms with Crippen molar-refractivity contribution < 1.29 is 69.1 Å². The molecule has 0 bridgehead atoms. The minimum atomic E-state index is -5.03. The SMILES string of the molecule is O=c1ccccn1CCOc1cccc([B-](F)(F)F)c1.[K+]. The Kier molecular flexibility index (Phi) is 7.22. The Morgan fingerprint density at radius 2 is 1.86 bits per heavy atom. The van der Waals surface area contributed by atoms with E-state index in [1.54, 1.807) is 18.3 Å². The molecule has 21 heavy (non-hydrogen) atoms. The fraction of sp³-hybridized carbons (Fsp3) is 0.154. The van der Waals surface area contributed by atoms with Crippen molar-refractivity contribution in [1.82, 2.24) is 4.57 Å². The Hall–Kier alpha value is -0.539. The Morgan fingerprint density at radius 3 is 2.52 bits per heavy atom. The molecule has 0 radical (unpaired) electrons. The number of rotatable bonds is 5. The maximum absolute atomic E-state index is 12.6. The number of aromatic nitrogens is 1. The van der Waals surface area contributed by atoms with Crippen LogP contribution in [0.2, 0.25) is 0 Å². The van der Waals surface area contributed by atoms with Gasteiger partial charge in [-0.2, -0.15) is 0 Å². The second-order valence-corrected chi connectivity index (χ2v) is 4.23. The molecular weight excluding hydrogens is 309 g/mol. The second kappa shape index (κ2) is 8.19. The number of hydrogen-bond acceptors (Lipinski definition) is 2. The van der Waals surface area contributed by atoms with E-state index in [0.717, 1.165) is 12.1 Å². The van der Waals surface area contributed by atoms with E-state index in [9.17, 15) is 17.7 Å². The minimum Gasteiger partial charge on any atom is -0.492 e. The number of nitrogens with zero attached hydrogens (tertiary/aromatic N) is 1. The minimum absolute atomic E-state index is 0. The van der Waals surface area contributed by atoms with Gasteiger partial charge in [-0.05, 0) is 18.2 Å². The predicted molar refractivity (Wildman–Crippen MR) is 71.4 cm³/mol. The maximum Gasteiger partial charge on any atom is 1.00 e. The molecule has 1 aromatic heterocycles. The van der Waals surface area contributed by atoms with E-state index < -0.39 is 12.4 Å². The molecule has 0 spiro atoms. The van der Waals surface area contributed by atoms with Crippen LogP contribution in [-0.4, -0.2) is 18.2 Å². The molecule has 0 unspecified atom stereocenters. The summed E-state index contributed by atoms with van der Waals surface area (Å²) in [6, 6.07) is 9.46. The quantitative estimate of drug-likeness (QED) is 0.661. The Bertz CT molecular complexity index is 646. The van der Waals surface area contributed by atoms with E-state index in [2.05, 4.69) is 0 Å². The summed E-state index contributed by atoms with van der Waals surface area (Å²) in [6.45, 7) is -4.63. The molecule has 2 rings (SSSR count). The number of pyridine rings is 1. The van der Waals surface area contributed by atoms with Crippen molar-refractivity contribution in [3.05, 3.63) is 59.0 Å². The molecule has 1 aromatic carbocycles. The van der Waals surface area contributed by atoms with Crippen LogP contribution in [0.5, 0.6) is 5.75 Å². The van der Waals surface area contributed by atoms with Crippen molar-refractivity contribution in [2.75, 3.05) is 6.61 Å². The molecule has 0 aliphatic carbocycles. The normalized spacial score (nSPS) is 10.8. The summed E-state index contributed by atoms with van der Waals surface area (Å²) in [7, 11) is 0. The average Bonchev–Trinajstić information content (AvgIpc) is 2.40. The van der Waals surface area contributed by atoms with Gasteiger partial charge in [0, 0.05) is 12.3 Å². The van der Waals surface area contributed by atoms with Crippen LogP contribution in [-0.2, 0) is 6.54 Å². The van der Waals surface area contributed by atoms with Gasteiger partial charge in [-0.15, -0.1) is 5.46 Å². The summed E-state index contributed by atoms with van der Waals surface area (Å²) in [5.74, 6) is 0.144. The molecule has 0 fully saturated rings. The van der Waals surface area contributed by atoms with Crippen molar-refractivity contribution in [3.63, 3.8) is 0 Å². The molecule has 2 aromatic rings. The first-order chi connectivity index (χ1) is 9.47. The van der Waals surface area contributed by atoms with Crippen LogP contribution >= 0.6 is 0 Å². The van der Waals surface area contributed by atoms with Crippen LogP contribution < -0.4 is 67.1 Å². The first kappa shape index (κ1) is 18.5. The molecule has 1 heterocycles. The average molecular weight is 321 g/mol. The number of benzene rings is 1. The fourth-order valence-corrected chi connectivity index (χ4v) is 1.72. The van der Waals surface area contributed by atoms with Gasteiger partial charge in [0.1, 0.15) is 12.4 Å². The summed E-state index contributed by atoms with van der Waals surface area (Å²) in [5, 5.41) is 0. The topological polar surface area (TPSA) is 31.2 Å². The van der Waals surface area contributed by atoms with Crippen LogP contribution in [0.3, 0.4) is 0 Å². The molecule has 0 aliphatic rings. The molecule has 8 heteroatoms. The van der Waals surface area contributed by atoms with E-state index in [4.69, 9.17) is 4.74 Å². The van der Waals surface area contributed by atoms with E-state index in [0.29, 0.717) is 0 Å². The third-order valence-electron chi connectivity index (χ3n) is 2.74. The van der Waals surface area contributed by atoms with Gasteiger partial charge in [0.25, 0.3) is 5.56 Å². The maximum atomic E-state index is 12.6.